The SMILES string of the molecule is NCCc1ccc(OCc2ccnc3ccccc23)cn1. The van der Waals surface area contributed by atoms with Crippen molar-refractivity contribution in [2.45, 2.75) is 13.0 Å². The quantitative estimate of drug-likeness (QED) is 0.780. The van der Waals surface area contributed by atoms with Crippen molar-refractivity contribution in [1.82, 2.24) is 9.97 Å². The Morgan fingerprint density at radius 2 is 1.90 bits per heavy atom. The average Bonchev–Trinajstić information content (AvgIpc) is 2.54. The molecule has 0 atom stereocenters. The molecule has 0 radical (unpaired) electrons. The van der Waals surface area contributed by atoms with Crippen molar-refractivity contribution in [3.63, 3.8) is 0 Å². The molecule has 0 aliphatic heterocycles. The van der Waals surface area contributed by atoms with Crippen LogP contribution in [-0.4, -0.2) is 16.5 Å². The first-order chi connectivity index (χ1) is 10.4. The van der Waals surface area contributed by atoms with Crippen LogP contribution >= 0.6 is 0 Å². The van der Waals surface area contributed by atoms with Crippen molar-refractivity contribution >= 4 is 10.9 Å². The van der Waals surface area contributed by atoms with Crippen molar-refractivity contribution in [3.8, 4) is 5.75 Å². The minimum absolute atomic E-state index is 0.501. The number of pyridine rings is 2. The summed E-state index contributed by atoms with van der Waals surface area (Å²) in [6, 6.07) is 13.9. The topological polar surface area (TPSA) is 61.0 Å². The van der Waals surface area contributed by atoms with Crippen LogP contribution in [0.25, 0.3) is 10.9 Å². The molecule has 2 heterocycles. The van der Waals surface area contributed by atoms with E-state index in [0.29, 0.717) is 13.2 Å². The van der Waals surface area contributed by atoms with Gasteiger partial charge in [-0.2, -0.15) is 0 Å². The van der Waals surface area contributed by atoms with E-state index in [9.17, 15) is 0 Å². The number of hydrogen-bond donors (Lipinski definition) is 1. The summed E-state index contributed by atoms with van der Waals surface area (Å²) >= 11 is 0. The number of fused-ring (bicyclic) bond motifs is 1. The number of nitrogens with two attached hydrogens (primary N) is 1. The van der Waals surface area contributed by atoms with Gasteiger partial charge in [-0.15, -0.1) is 0 Å². The lowest BCUT2D eigenvalue weighted by Crippen LogP contribution is -2.04. The summed E-state index contributed by atoms with van der Waals surface area (Å²) in [5.74, 6) is 0.761. The van der Waals surface area contributed by atoms with Crippen LogP contribution in [0, 0.1) is 0 Å². The Morgan fingerprint density at radius 3 is 2.71 bits per heavy atom. The summed E-state index contributed by atoms with van der Waals surface area (Å²) in [4.78, 5) is 8.67. The zero-order valence-electron chi connectivity index (χ0n) is 11.7. The third-order valence-electron chi connectivity index (χ3n) is 3.33. The third kappa shape index (κ3) is 3.17. The van der Waals surface area contributed by atoms with Crippen molar-refractivity contribution in [1.29, 1.82) is 0 Å². The van der Waals surface area contributed by atoms with E-state index in [1.807, 2.05) is 42.6 Å². The van der Waals surface area contributed by atoms with Crippen LogP contribution in [0.1, 0.15) is 11.3 Å². The summed E-state index contributed by atoms with van der Waals surface area (Å²) in [5.41, 5.74) is 8.59. The molecular weight excluding hydrogens is 262 g/mol. The molecule has 0 amide bonds. The molecular formula is C17H17N3O. The molecule has 4 nitrogen and oxygen atoms in total. The molecule has 3 rings (SSSR count). The van der Waals surface area contributed by atoms with Gasteiger partial charge in [-0.1, -0.05) is 18.2 Å². The van der Waals surface area contributed by atoms with Crippen LogP contribution in [0.4, 0.5) is 0 Å². The van der Waals surface area contributed by atoms with Crippen LogP contribution in [0.2, 0.25) is 0 Å². The van der Waals surface area contributed by atoms with Gasteiger partial charge in [0.15, 0.2) is 0 Å². The van der Waals surface area contributed by atoms with E-state index in [-0.39, 0.29) is 0 Å². The summed E-state index contributed by atoms with van der Waals surface area (Å²) in [7, 11) is 0. The third-order valence-corrected chi connectivity index (χ3v) is 3.33. The van der Waals surface area contributed by atoms with Gasteiger partial charge in [-0.05, 0) is 30.8 Å². The second-order valence-electron chi connectivity index (χ2n) is 4.80. The maximum absolute atomic E-state index is 5.81. The Balaban J connectivity index is 1.74. The Kier molecular flexibility index (Phi) is 4.07. The maximum Gasteiger partial charge on any atom is 0.138 e. The van der Waals surface area contributed by atoms with E-state index < -0.39 is 0 Å². The molecule has 0 unspecified atom stereocenters. The van der Waals surface area contributed by atoms with Crippen LogP contribution in [0.5, 0.6) is 5.75 Å². The summed E-state index contributed by atoms with van der Waals surface area (Å²) in [6.07, 6.45) is 4.34. The maximum atomic E-state index is 5.81. The summed E-state index contributed by atoms with van der Waals surface area (Å²) < 4.78 is 5.81. The predicted octanol–water partition coefficient (Wildman–Crippen LogP) is 2.71. The van der Waals surface area contributed by atoms with E-state index in [1.165, 1.54) is 0 Å². The lowest BCUT2D eigenvalue weighted by atomic mass is 10.1. The van der Waals surface area contributed by atoms with Crippen molar-refractivity contribution in [2.75, 3.05) is 6.54 Å². The number of rotatable bonds is 5. The van der Waals surface area contributed by atoms with Gasteiger partial charge < -0.3 is 10.5 Å². The van der Waals surface area contributed by atoms with Gasteiger partial charge in [0.1, 0.15) is 12.4 Å². The Hall–Kier alpha value is -2.46. The first-order valence-electron chi connectivity index (χ1n) is 6.97. The van der Waals surface area contributed by atoms with Crippen molar-refractivity contribution < 1.29 is 4.74 Å². The van der Waals surface area contributed by atoms with Crippen LogP contribution in [0.15, 0.2) is 54.9 Å². The smallest absolute Gasteiger partial charge is 0.138 e. The Bertz CT molecular complexity index is 720. The fraction of sp³-hybridized carbons (Fsp3) is 0.176. The molecule has 0 spiro atoms. The van der Waals surface area contributed by atoms with Gasteiger partial charge in [0.2, 0.25) is 0 Å². The summed E-state index contributed by atoms with van der Waals surface area (Å²) in [6.45, 7) is 1.11. The molecule has 0 aliphatic carbocycles. The highest BCUT2D eigenvalue weighted by Crippen LogP contribution is 2.18. The molecule has 0 saturated heterocycles. The molecule has 0 fully saturated rings. The molecule has 21 heavy (non-hydrogen) atoms. The van der Waals surface area contributed by atoms with Gasteiger partial charge in [0.25, 0.3) is 0 Å². The average molecular weight is 279 g/mol. The first kappa shape index (κ1) is 13.5. The second-order valence-corrected chi connectivity index (χ2v) is 4.80. The Labute approximate surface area is 123 Å². The number of benzene rings is 1. The molecule has 0 aliphatic rings. The number of aromatic nitrogens is 2. The second kappa shape index (κ2) is 6.33. The van der Waals surface area contributed by atoms with Crippen molar-refractivity contribution in [2.24, 2.45) is 5.73 Å². The van der Waals surface area contributed by atoms with Crippen molar-refractivity contribution in [3.05, 3.63) is 66.1 Å². The lowest BCUT2D eigenvalue weighted by molar-refractivity contribution is 0.306. The monoisotopic (exact) mass is 279 g/mol. The molecule has 4 heteroatoms. The summed E-state index contributed by atoms with van der Waals surface area (Å²) in [5, 5.41) is 1.12. The molecule has 3 aromatic rings. The molecule has 0 bridgehead atoms. The van der Waals surface area contributed by atoms with Gasteiger partial charge in [-0.3, -0.25) is 9.97 Å². The van der Waals surface area contributed by atoms with E-state index in [4.69, 9.17) is 10.5 Å². The highest BCUT2D eigenvalue weighted by atomic mass is 16.5. The largest absolute Gasteiger partial charge is 0.487 e. The molecule has 1 aromatic carbocycles. The number of ether oxygens (including phenoxy) is 1. The lowest BCUT2D eigenvalue weighted by Gasteiger charge is -2.09. The van der Waals surface area contributed by atoms with E-state index in [2.05, 4.69) is 16.0 Å². The molecule has 0 saturated carbocycles. The highest BCUT2D eigenvalue weighted by molar-refractivity contribution is 5.81. The first-order valence-corrected chi connectivity index (χ1v) is 6.97. The van der Waals surface area contributed by atoms with Crippen LogP contribution in [-0.2, 0) is 13.0 Å². The van der Waals surface area contributed by atoms with E-state index in [1.54, 1.807) is 6.20 Å². The van der Waals surface area contributed by atoms with Gasteiger partial charge in [-0.25, -0.2) is 0 Å². The number of para-hydroxylation sites is 1. The van der Waals surface area contributed by atoms with Crippen LogP contribution < -0.4 is 10.5 Å². The molecule has 2 aromatic heterocycles. The Morgan fingerprint density at radius 1 is 1.00 bits per heavy atom. The number of nitrogens with zero attached hydrogens (tertiary/aromatic N) is 2. The molecule has 2 N–H and O–H groups in total. The van der Waals surface area contributed by atoms with Gasteiger partial charge in [0.05, 0.1) is 11.7 Å². The predicted molar refractivity (Wildman–Crippen MR) is 83.1 cm³/mol. The van der Waals surface area contributed by atoms with E-state index >= 15 is 0 Å². The highest BCUT2D eigenvalue weighted by Gasteiger charge is 2.03. The fourth-order valence-corrected chi connectivity index (χ4v) is 2.23. The fourth-order valence-electron chi connectivity index (χ4n) is 2.23. The van der Waals surface area contributed by atoms with Gasteiger partial charge >= 0.3 is 0 Å². The minimum atomic E-state index is 0.501. The molecule has 106 valence electrons. The minimum Gasteiger partial charge on any atom is -0.487 e. The number of hydrogen-bond acceptors (Lipinski definition) is 4. The zero-order valence-corrected chi connectivity index (χ0v) is 11.7. The van der Waals surface area contributed by atoms with Crippen LogP contribution in [0.3, 0.4) is 0 Å². The standard InChI is InChI=1S/C17H17N3O/c18-9-7-14-5-6-15(11-20-14)21-12-13-8-10-19-17-4-2-1-3-16(13)17/h1-6,8,10-11H,7,9,12,18H2. The van der Waals surface area contributed by atoms with Gasteiger partial charge in [0, 0.05) is 29.3 Å². The normalized spacial score (nSPS) is 10.7. The zero-order chi connectivity index (χ0) is 14.5. The van der Waals surface area contributed by atoms with E-state index in [0.717, 1.165) is 34.3 Å².